The second-order valence-corrected chi connectivity index (χ2v) is 6.79. The first-order valence-electron chi connectivity index (χ1n) is 8.60. The Labute approximate surface area is 162 Å². The topological polar surface area (TPSA) is 75.9 Å². The van der Waals surface area contributed by atoms with Crippen LogP contribution in [0.15, 0.2) is 42.5 Å². The van der Waals surface area contributed by atoms with E-state index in [1.807, 2.05) is 24.3 Å². The summed E-state index contributed by atoms with van der Waals surface area (Å²) in [6, 6.07) is 11.8. The third-order valence-electron chi connectivity index (χ3n) is 4.52. The number of benzene rings is 2. The van der Waals surface area contributed by atoms with Gasteiger partial charge in [-0.05, 0) is 31.2 Å². The molecule has 8 heteroatoms. The summed E-state index contributed by atoms with van der Waals surface area (Å²) in [5.41, 5.74) is 0.735. The fourth-order valence-electron chi connectivity index (χ4n) is 3.20. The number of fused-ring (bicyclic) bond motifs is 1. The molecule has 0 fully saturated rings. The lowest BCUT2D eigenvalue weighted by Gasteiger charge is -2.37. The molecule has 1 aliphatic rings. The van der Waals surface area contributed by atoms with Crippen LogP contribution in [-0.2, 0) is 0 Å². The molecule has 2 aromatic rings. The summed E-state index contributed by atoms with van der Waals surface area (Å²) < 4.78 is 6.03. The van der Waals surface area contributed by atoms with Gasteiger partial charge in [0.15, 0.2) is 0 Å². The fourth-order valence-corrected chi connectivity index (χ4v) is 3.37. The number of rotatable bonds is 5. The van der Waals surface area contributed by atoms with Gasteiger partial charge in [-0.15, -0.1) is 0 Å². The monoisotopic (exact) mass is 389 g/mol. The van der Waals surface area contributed by atoms with Crippen LogP contribution in [0.2, 0.25) is 5.02 Å². The highest BCUT2D eigenvalue weighted by Gasteiger charge is 2.29. The quantitative estimate of drug-likeness (QED) is 0.576. The zero-order valence-corrected chi connectivity index (χ0v) is 15.8. The summed E-state index contributed by atoms with van der Waals surface area (Å²) in [6.45, 7) is 3.82. The van der Waals surface area contributed by atoms with Crippen LogP contribution in [0, 0.1) is 10.1 Å². The van der Waals surface area contributed by atoms with E-state index in [9.17, 15) is 14.9 Å². The molecule has 7 nitrogen and oxygen atoms in total. The molecule has 1 atom stereocenters. The van der Waals surface area contributed by atoms with Crippen molar-refractivity contribution in [1.29, 1.82) is 0 Å². The molecule has 27 heavy (non-hydrogen) atoms. The molecule has 142 valence electrons. The number of nitrogens with zero attached hydrogens (tertiary/aromatic N) is 3. The van der Waals surface area contributed by atoms with Crippen LogP contribution < -0.4 is 9.64 Å². The van der Waals surface area contributed by atoms with Gasteiger partial charge in [-0.1, -0.05) is 23.7 Å². The Balaban J connectivity index is 1.77. The molecule has 0 aromatic heterocycles. The van der Waals surface area contributed by atoms with Gasteiger partial charge < -0.3 is 14.5 Å². The minimum atomic E-state index is -0.598. The smallest absolute Gasteiger partial charge is 0.283 e. The summed E-state index contributed by atoms with van der Waals surface area (Å²) in [5.74, 6) is 0.331. The van der Waals surface area contributed by atoms with Crippen molar-refractivity contribution in [2.24, 2.45) is 0 Å². The maximum atomic E-state index is 12.8. The van der Waals surface area contributed by atoms with Gasteiger partial charge in [-0.25, -0.2) is 0 Å². The summed E-state index contributed by atoms with van der Waals surface area (Å²) >= 11 is 5.83. The van der Waals surface area contributed by atoms with Gasteiger partial charge in [0.1, 0.15) is 17.4 Å². The van der Waals surface area contributed by atoms with Crippen molar-refractivity contribution >= 4 is 28.9 Å². The molecule has 0 saturated carbocycles. The van der Waals surface area contributed by atoms with Crippen LogP contribution in [0.3, 0.4) is 0 Å². The molecule has 1 heterocycles. The van der Waals surface area contributed by atoms with E-state index in [4.69, 9.17) is 16.3 Å². The Morgan fingerprint density at radius 1 is 1.37 bits per heavy atom. The summed E-state index contributed by atoms with van der Waals surface area (Å²) in [4.78, 5) is 27.1. The molecule has 0 bridgehead atoms. The highest BCUT2D eigenvalue weighted by atomic mass is 35.5. The number of likely N-dealkylation sites (N-methyl/N-ethyl adjacent to an activating group) is 2. The first-order chi connectivity index (χ1) is 12.9. The SMILES string of the molecule is CCN1C[C@@H](CN(C)C(=O)c2ccc(Cl)cc2[N+](=O)[O-])Oc2ccccc21. The molecule has 1 aliphatic heterocycles. The van der Waals surface area contributed by atoms with Crippen molar-refractivity contribution in [3.05, 3.63) is 63.2 Å². The first-order valence-corrected chi connectivity index (χ1v) is 8.98. The normalized spacial score (nSPS) is 15.7. The first kappa shape index (κ1) is 19.0. The van der Waals surface area contributed by atoms with E-state index in [0.717, 1.165) is 18.0 Å². The number of hydrogen-bond donors (Lipinski definition) is 0. The van der Waals surface area contributed by atoms with Crippen LogP contribution >= 0.6 is 11.6 Å². The van der Waals surface area contributed by atoms with E-state index in [0.29, 0.717) is 13.1 Å². The molecule has 0 aliphatic carbocycles. The number of carbonyl (C=O) groups is 1. The molecular weight excluding hydrogens is 370 g/mol. The molecule has 2 aromatic carbocycles. The second-order valence-electron chi connectivity index (χ2n) is 6.35. The van der Waals surface area contributed by atoms with E-state index in [2.05, 4.69) is 11.8 Å². The molecule has 0 radical (unpaired) electrons. The Hall–Kier alpha value is -2.80. The fraction of sp³-hybridized carbons (Fsp3) is 0.316. The van der Waals surface area contributed by atoms with Gasteiger partial charge in [0.2, 0.25) is 0 Å². The van der Waals surface area contributed by atoms with Gasteiger partial charge in [-0.3, -0.25) is 14.9 Å². The zero-order valence-electron chi connectivity index (χ0n) is 15.1. The number of para-hydroxylation sites is 2. The van der Waals surface area contributed by atoms with Crippen molar-refractivity contribution in [2.45, 2.75) is 13.0 Å². The van der Waals surface area contributed by atoms with Crippen LogP contribution in [-0.4, -0.2) is 48.5 Å². The summed E-state index contributed by atoms with van der Waals surface area (Å²) in [7, 11) is 1.61. The largest absolute Gasteiger partial charge is 0.485 e. The van der Waals surface area contributed by atoms with Crippen LogP contribution in [0.4, 0.5) is 11.4 Å². The minimum Gasteiger partial charge on any atom is -0.485 e. The number of hydrogen-bond acceptors (Lipinski definition) is 5. The lowest BCUT2D eigenvalue weighted by molar-refractivity contribution is -0.385. The van der Waals surface area contributed by atoms with E-state index in [1.54, 1.807) is 7.05 Å². The predicted molar refractivity (Wildman–Crippen MR) is 104 cm³/mol. The highest BCUT2D eigenvalue weighted by Crippen LogP contribution is 2.33. The standard InChI is InChI=1S/C19H20ClN3O4/c1-3-22-12-14(27-18-7-5-4-6-16(18)22)11-21(2)19(24)15-9-8-13(20)10-17(15)23(25)26/h4-10,14H,3,11-12H2,1-2H3/t14-/m1/s1. The van der Waals surface area contributed by atoms with Gasteiger partial charge in [-0.2, -0.15) is 0 Å². The predicted octanol–water partition coefficient (Wildman–Crippen LogP) is 3.61. The number of nitro benzene ring substituents is 1. The van der Waals surface area contributed by atoms with E-state index >= 15 is 0 Å². The third kappa shape index (κ3) is 3.98. The Morgan fingerprint density at radius 2 is 2.11 bits per heavy atom. The van der Waals surface area contributed by atoms with Crippen LogP contribution in [0.1, 0.15) is 17.3 Å². The number of carbonyl (C=O) groups excluding carboxylic acids is 1. The molecular formula is C19H20ClN3O4. The maximum absolute atomic E-state index is 12.8. The van der Waals surface area contributed by atoms with Gasteiger partial charge >= 0.3 is 0 Å². The van der Waals surface area contributed by atoms with Gasteiger partial charge in [0.05, 0.1) is 23.7 Å². The lowest BCUT2D eigenvalue weighted by Crippen LogP contribution is -2.46. The molecule has 0 spiro atoms. The molecule has 3 rings (SSSR count). The number of anilines is 1. The number of ether oxygens (including phenoxy) is 1. The lowest BCUT2D eigenvalue weighted by atomic mass is 10.1. The van der Waals surface area contributed by atoms with Gasteiger partial charge in [0.25, 0.3) is 11.6 Å². The van der Waals surface area contributed by atoms with Crippen LogP contribution in [0.5, 0.6) is 5.75 Å². The van der Waals surface area contributed by atoms with Crippen molar-refractivity contribution < 1.29 is 14.5 Å². The van der Waals surface area contributed by atoms with Crippen molar-refractivity contribution in [2.75, 3.05) is 31.6 Å². The Kier molecular flexibility index (Phi) is 5.51. The summed E-state index contributed by atoms with van der Waals surface area (Å²) in [6.07, 6.45) is -0.236. The molecule has 0 saturated heterocycles. The van der Waals surface area contributed by atoms with Crippen molar-refractivity contribution in [3.63, 3.8) is 0 Å². The number of nitro groups is 1. The van der Waals surface area contributed by atoms with Crippen molar-refractivity contribution in [1.82, 2.24) is 4.90 Å². The third-order valence-corrected chi connectivity index (χ3v) is 4.75. The average Bonchev–Trinajstić information content (AvgIpc) is 2.66. The molecule has 1 amide bonds. The Morgan fingerprint density at radius 3 is 2.81 bits per heavy atom. The zero-order chi connectivity index (χ0) is 19.6. The van der Waals surface area contributed by atoms with E-state index in [1.165, 1.54) is 23.1 Å². The van der Waals surface area contributed by atoms with E-state index < -0.39 is 10.8 Å². The number of amides is 1. The van der Waals surface area contributed by atoms with Crippen LogP contribution in [0.25, 0.3) is 0 Å². The number of halogens is 1. The maximum Gasteiger partial charge on any atom is 0.283 e. The Bertz CT molecular complexity index is 874. The minimum absolute atomic E-state index is 0.00968. The van der Waals surface area contributed by atoms with Gasteiger partial charge in [0, 0.05) is 24.7 Å². The molecule has 0 N–H and O–H groups in total. The van der Waals surface area contributed by atoms with Crippen molar-refractivity contribution in [3.8, 4) is 5.75 Å². The van der Waals surface area contributed by atoms with E-state index in [-0.39, 0.29) is 22.4 Å². The molecule has 0 unspecified atom stereocenters. The highest BCUT2D eigenvalue weighted by molar-refractivity contribution is 6.31. The second kappa shape index (κ2) is 7.84. The summed E-state index contributed by atoms with van der Waals surface area (Å²) in [5, 5.41) is 11.5. The average molecular weight is 390 g/mol.